The molecule has 0 aromatic heterocycles. The maximum atomic E-state index is 12.9. The smallest absolute Gasteiger partial charge is 0.251 e. The lowest BCUT2D eigenvalue weighted by atomic mass is 9.98. The number of nitrogens with one attached hydrogen (secondary N) is 1. The molecule has 168 valence electrons. The van der Waals surface area contributed by atoms with Crippen LogP contribution in [0.3, 0.4) is 0 Å². The summed E-state index contributed by atoms with van der Waals surface area (Å²) in [4.78, 5) is 15.5. The maximum absolute atomic E-state index is 12.9. The average Bonchev–Trinajstić information content (AvgIpc) is 2.75. The predicted octanol–water partition coefficient (Wildman–Crippen LogP) is 3.12. The Balaban J connectivity index is 1.74. The van der Waals surface area contributed by atoms with Gasteiger partial charge in [0.1, 0.15) is 0 Å². The van der Waals surface area contributed by atoms with Gasteiger partial charge in [-0.2, -0.15) is 0 Å². The predicted molar refractivity (Wildman–Crippen MR) is 124 cm³/mol. The zero-order chi connectivity index (χ0) is 22.8. The van der Waals surface area contributed by atoms with Crippen LogP contribution in [-0.4, -0.2) is 56.8 Å². The number of amides is 1. The molecule has 1 N–H and O–H groups in total. The van der Waals surface area contributed by atoms with Crippen LogP contribution in [0, 0.1) is 13.8 Å². The summed E-state index contributed by atoms with van der Waals surface area (Å²) in [6.07, 6.45) is 1.94. The van der Waals surface area contributed by atoms with Gasteiger partial charge < -0.3 is 5.32 Å². The number of rotatable bonds is 7. The van der Waals surface area contributed by atoms with Crippen LogP contribution >= 0.6 is 0 Å². The number of carbonyl (C=O) groups is 1. The van der Waals surface area contributed by atoms with E-state index in [0.29, 0.717) is 17.7 Å². The molecule has 3 rings (SSSR count). The third kappa shape index (κ3) is 5.00. The van der Waals surface area contributed by atoms with Crippen molar-refractivity contribution in [2.75, 3.05) is 27.2 Å². The molecule has 1 heterocycles. The summed E-state index contributed by atoms with van der Waals surface area (Å²) in [5.41, 5.74) is 4.59. The van der Waals surface area contributed by atoms with Crippen molar-refractivity contribution in [1.29, 1.82) is 0 Å². The number of fused-ring (bicyclic) bond motifs is 1. The zero-order valence-corrected chi connectivity index (χ0v) is 19.9. The van der Waals surface area contributed by atoms with Crippen LogP contribution in [0.2, 0.25) is 0 Å². The summed E-state index contributed by atoms with van der Waals surface area (Å²) in [5, 5.41) is 3.04. The van der Waals surface area contributed by atoms with Gasteiger partial charge in [0.25, 0.3) is 5.91 Å². The molecular formula is C24H33N3O3S. The first kappa shape index (κ1) is 23.4. The summed E-state index contributed by atoms with van der Waals surface area (Å²) in [6, 6.07) is 12.0. The summed E-state index contributed by atoms with van der Waals surface area (Å²) in [6.45, 7) is 8.13. The van der Waals surface area contributed by atoms with Crippen LogP contribution in [0.25, 0.3) is 0 Å². The van der Waals surface area contributed by atoms with Gasteiger partial charge in [0, 0.05) is 45.3 Å². The molecule has 2 aromatic carbocycles. The van der Waals surface area contributed by atoms with Crippen molar-refractivity contribution < 1.29 is 13.2 Å². The molecule has 31 heavy (non-hydrogen) atoms. The van der Waals surface area contributed by atoms with Crippen molar-refractivity contribution in [1.82, 2.24) is 14.5 Å². The van der Waals surface area contributed by atoms with E-state index in [1.807, 2.05) is 6.92 Å². The molecule has 0 aliphatic carbocycles. The van der Waals surface area contributed by atoms with Crippen molar-refractivity contribution in [3.05, 3.63) is 64.2 Å². The first-order chi connectivity index (χ1) is 14.6. The van der Waals surface area contributed by atoms with Crippen LogP contribution < -0.4 is 5.32 Å². The number of carbonyl (C=O) groups excluding carboxylic acids is 1. The first-order valence-electron chi connectivity index (χ1n) is 10.8. The Morgan fingerprint density at radius 2 is 1.84 bits per heavy atom. The van der Waals surface area contributed by atoms with Crippen LogP contribution in [0.1, 0.15) is 46.0 Å². The lowest BCUT2D eigenvalue weighted by Crippen LogP contribution is -2.45. The highest BCUT2D eigenvalue weighted by atomic mass is 32.2. The summed E-state index contributed by atoms with van der Waals surface area (Å²) < 4.78 is 26.6. The third-order valence-electron chi connectivity index (χ3n) is 6.29. The molecule has 1 aliphatic heterocycles. The normalized spacial score (nSPS) is 15.5. The molecule has 0 fully saturated rings. The van der Waals surface area contributed by atoms with Crippen molar-refractivity contribution >= 4 is 15.9 Å². The van der Waals surface area contributed by atoms with E-state index < -0.39 is 10.0 Å². The number of aryl methyl sites for hydroxylation is 1. The van der Waals surface area contributed by atoms with Gasteiger partial charge >= 0.3 is 0 Å². The second-order valence-electron chi connectivity index (χ2n) is 8.46. The number of nitrogens with zero attached hydrogens (tertiary/aromatic N) is 2. The topological polar surface area (TPSA) is 69.7 Å². The van der Waals surface area contributed by atoms with E-state index in [2.05, 4.69) is 41.4 Å². The van der Waals surface area contributed by atoms with E-state index in [1.54, 1.807) is 13.0 Å². The van der Waals surface area contributed by atoms with E-state index in [4.69, 9.17) is 0 Å². The van der Waals surface area contributed by atoms with Crippen LogP contribution in [0.15, 0.2) is 41.3 Å². The number of hydrogen-bond acceptors (Lipinski definition) is 4. The van der Waals surface area contributed by atoms with E-state index in [0.717, 1.165) is 31.5 Å². The molecular weight excluding hydrogens is 410 g/mol. The fraction of sp³-hybridized carbons (Fsp3) is 0.458. The van der Waals surface area contributed by atoms with Gasteiger partial charge in [-0.25, -0.2) is 12.7 Å². The molecule has 1 unspecified atom stereocenters. The van der Waals surface area contributed by atoms with Gasteiger partial charge in [0.2, 0.25) is 10.0 Å². The van der Waals surface area contributed by atoms with E-state index in [-0.39, 0.29) is 16.8 Å². The van der Waals surface area contributed by atoms with Crippen molar-refractivity contribution in [3.63, 3.8) is 0 Å². The minimum absolute atomic E-state index is 0.183. The van der Waals surface area contributed by atoms with Crippen molar-refractivity contribution in [2.24, 2.45) is 0 Å². The van der Waals surface area contributed by atoms with Crippen LogP contribution in [0.5, 0.6) is 0 Å². The number of benzene rings is 2. The van der Waals surface area contributed by atoms with Gasteiger partial charge in [-0.15, -0.1) is 0 Å². The van der Waals surface area contributed by atoms with Crippen molar-refractivity contribution in [2.45, 2.75) is 51.1 Å². The molecule has 0 saturated heterocycles. The highest BCUT2D eigenvalue weighted by molar-refractivity contribution is 7.89. The number of sulfonamides is 1. The lowest BCUT2D eigenvalue weighted by molar-refractivity contribution is 0.0926. The van der Waals surface area contributed by atoms with Crippen LogP contribution in [0.4, 0.5) is 0 Å². The minimum Gasteiger partial charge on any atom is -0.350 e. The molecule has 2 aromatic rings. The SMILES string of the molecule is CCC(CNC(=O)c1cc(C)c(C)c(S(=O)(=O)N(C)C)c1)N1CCc2ccccc2C1. The fourth-order valence-electron chi connectivity index (χ4n) is 4.10. The van der Waals surface area contributed by atoms with Gasteiger partial charge in [-0.05, 0) is 61.1 Å². The Labute approximate surface area is 186 Å². The van der Waals surface area contributed by atoms with Crippen molar-refractivity contribution in [3.8, 4) is 0 Å². The fourth-order valence-corrected chi connectivity index (χ4v) is 5.31. The minimum atomic E-state index is -3.62. The molecule has 7 heteroatoms. The Kier molecular flexibility index (Phi) is 7.19. The Morgan fingerprint density at radius 1 is 1.16 bits per heavy atom. The zero-order valence-electron chi connectivity index (χ0n) is 19.1. The summed E-state index contributed by atoms with van der Waals surface area (Å²) >= 11 is 0. The quantitative estimate of drug-likeness (QED) is 0.714. The van der Waals surface area contributed by atoms with Gasteiger partial charge in [-0.3, -0.25) is 9.69 Å². The standard InChI is InChI=1S/C24H33N3O3S/c1-6-22(27-12-11-19-9-7-8-10-20(19)16-27)15-25-24(28)21-13-17(2)18(3)23(14-21)31(29,30)26(4)5/h7-10,13-14,22H,6,11-12,15-16H2,1-5H3,(H,25,28). The Hall–Kier alpha value is -2.22. The van der Waals surface area contributed by atoms with E-state index in [1.165, 1.54) is 35.6 Å². The summed E-state index contributed by atoms with van der Waals surface area (Å²) in [7, 11) is -0.624. The number of hydrogen-bond donors (Lipinski definition) is 1. The lowest BCUT2D eigenvalue weighted by Gasteiger charge is -2.35. The molecule has 0 bridgehead atoms. The monoisotopic (exact) mass is 443 g/mol. The Morgan fingerprint density at radius 3 is 2.48 bits per heavy atom. The molecule has 0 spiro atoms. The molecule has 6 nitrogen and oxygen atoms in total. The molecule has 0 saturated carbocycles. The second kappa shape index (κ2) is 9.51. The third-order valence-corrected chi connectivity index (χ3v) is 8.23. The Bertz CT molecular complexity index is 1060. The molecule has 1 atom stereocenters. The maximum Gasteiger partial charge on any atom is 0.251 e. The van der Waals surface area contributed by atoms with Gasteiger partial charge in [-0.1, -0.05) is 31.2 Å². The molecule has 1 amide bonds. The molecule has 1 aliphatic rings. The van der Waals surface area contributed by atoms with Crippen LogP contribution in [-0.2, 0) is 23.0 Å². The highest BCUT2D eigenvalue weighted by Gasteiger charge is 2.25. The van der Waals surface area contributed by atoms with Gasteiger partial charge in [0.15, 0.2) is 0 Å². The molecule has 0 radical (unpaired) electrons. The average molecular weight is 444 g/mol. The summed E-state index contributed by atoms with van der Waals surface area (Å²) in [5.74, 6) is -0.242. The second-order valence-corrected chi connectivity index (χ2v) is 10.6. The largest absolute Gasteiger partial charge is 0.350 e. The first-order valence-corrected chi connectivity index (χ1v) is 12.2. The van der Waals surface area contributed by atoms with E-state index in [9.17, 15) is 13.2 Å². The highest BCUT2D eigenvalue weighted by Crippen LogP contribution is 2.24. The van der Waals surface area contributed by atoms with Gasteiger partial charge in [0.05, 0.1) is 4.90 Å². The van der Waals surface area contributed by atoms with E-state index >= 15 is 0 Å².